The first-order chi connectivity index (χ1) is 16.1. The second-order valence-electron chi connectivity index (χ2n) is 7.07. The fourth-order valence-corrected chi connectivity index (χ4v) is 3.18. The summed E-state index contributed by atoms with van der Waals surface area (Å²) in [6.07, 6.45) is 3.25. The molecular weight excluding hydrogens is 438 g/mol. The number of phenols is 1. The summed E-state index contributed by atoms with van der Waals surface area (Å²) < 4.78 is 5.74. The van der Waals surface area contributed by atoms with Gasteiger partial charge in [-0.3, -0.25) is 4.99 Å². The van der Waals surface area contributed by atoms with Crippen molar-refractivity contribution in [1.82, 2.24) is 9.97 Å². The van der Waals surface area contributed by atoms with Crippen LogP contribution in [0.5, 0.6) is 5.75 Å². The fourth-order valence-electron chi connectivity index (χ4n) is 3.06. The van der Waals surface area contributed by atoms with Gasteiger partial charge in [0.1, 0.15) is 5.75 Å². The maximum absolute atomic E-state index is 10.2. The van der Waals surface area contributed by atoms with Gasteiger partial charge in [-0.05, 0) is 78.9 Å². The van der Waals surface area contributed by atoms with Crippen molar-refractivity contribution in [3.05, 3.63) is 95.6 Å². The number of aromatic nitrogens is 2. The zero-order valence-electron chi connectivity index (χ0n) is 17.1. The van der Waals surface area contributed by atoms with Gasteiger partial charge in [-0.15, -0.1) is 0 Å². The summed E-state index contributed by atoms with van der Waals surface area (Å²) in [5.41, 5.74) is 4.52. The second kappa shape index (κ2) is 9.02. The highest BCUT2D eigenvalue weighted by molar-refractivity contribution is 6.30. The highest BCUT2D eigenvalue weighted by atomic mass is 35.5. The Labute approximate surface area is 193 Å². The number of aromatic hydroxyl groups is 1. The van der Waals surface area contributed by atoms with Crippen LogP contribution in [0.25, 0.3) is 22.7 Å². The molecule has 1 N–H and O–H groups in total. The van der Waals surface area contributed by atoms with Crippen molar-refractivity contribution in [3.8, 4) is 17.2 Å². The number of azo groups is 1. The molecule has 0 saturated heterocycles. The van der Waals surface area contributed by atoms with Gasteiger partial charge in [0.15, 0.2) is 11.2 Å². The summed E-state index contributed by atoms with van der Waals surface area (Å²) in [5, 5.41) is 19.2. The lowest BCUT2D eigenvalue weighted by atomic mass is 10.2. The predicted molar refractivity (Wildman–Crippen MR) is 128 cm³/mol. The van der Waals surface area contributed by atoms with Gasteiger partial charge in [0.25, 0.3) is 0 Å². The standard InChI is InChI=1S/C25H16ClN5O2/c26-18-5-9-20(10-6-18)30-31-21-11-12-22(32)17(14-21)15-28-19-7-3-16(4-8-19)25-29-24-23(33-25)2-1-13-27-24/h1-15,32H. The molecule has 33 heavy (non-hydrogen) atoms. The van der Waals surface area contributed by atoms with Gasteiger partial charge < -0.3 is 9.52 Å². The minimum absolute atomic E-state index is 0.0970. The topological polar surface area (TPSA) is 96.2 Å². The van der Waals surface area contributed by atoms with Gasteiger partial charge in [-0.1, -0.05) is 11.6 Å². The van der Waals surface area contributed by atoms with Gasteiger partial charge in [-0.25, -0.2) is 4.98 Å². The molecule has 8 heteroatoms. The van der Waals surface area contributed by atoms with Gasteiger partial charge in [0, 0.05) is 28.6 Å². The molecular formula is C25H16ClN5O2. The molecule has 0 amide bonds. The molecule has 0 unspecified atom stereocenters. The van der Waals surface area contributed by atoms with Crippen LogP contribution in [0.1, 0.15) is 5.56 Å². The van der Waals surface area contributed by atoms with Crippen LogP contribution in [0.15, 0.2) is 105 Å². The fraction of sp³-hybridized carbons (Fsp3) is 0. The van der Waals surface area contributed by atoms with Crippen LogP contribution in [-0.4, -0.2) is 21.3 Å². The van der Waals surface area contributed by atoms with Crippen molar-refractivity contribution in [3.63, 3.8) is 0 Å². The first-order valence-electron chi connectivity index (χ1n) is 10.0. The number of benzene rings is 3. The van der Waals surface area contributed by atoms with E-state index in [1.165, 1.54) is 0 Å². The van der Waals surface area contributed by atoms with E-state index >= 15 is 0 Å². The molecule has 5 aromatic rings. The minimum Gasteiger partial charge on any atom is -0.507 e. The summed E-state index contributed by atoms with van der Waals surface area (Å²) in [7, 11) is 0. The SMILES string of the molecule is Oc1ccc(N=Nc2ccc(Cl)cc2)cc1C=Nc1ccc(-c2nc3ncccc3o2)cc1. The summed E-state index contributed by atoms with van der Waals surface area (Å²) in [6.45, 7) is 0. The van der Waals surface area contributed by atoms with Crippen LogP contribution in [-0.2, 0) is 0 Å². The lowest BCUT2D eigenvalue weighted by Crippen LogP contribution is -1.82. The van der Waals surface area contributed by atoms with E-state index < -0.39 is 0 Å². The number of nitrogens with zero attached hydrogens (tertiary/aromatic N) is 5. The van der Waals surface area contributed by atoms with Crippen molar-refractivity contribution in [2.75, 3.05) is 0 Å². The van der Waals surface area contributed by atoms with E-state index in [0.717, 1.165) is 5.56 Å². The van der Waals surface area contributed by atoms with Crippen LogP contribution >= 0.6 is 11.6 Å². The molecule has 2 heterocycles. The average Bonchev–Trinajstić information content (AvgIpc) is 3.28. The number of hydrogen-bond acceptors (Lipinski definition) is 7. The molecule has 0 fully saturated rings. The molecule has 0 aliphatic heterocycles. The average molecular weight is 454 g/mol. The van der Waals surface area contributed by atoms with E-state index in [9.17, 15) is 5.11 Å². The molecule has 0 aliphatic rings. The normalized spacial score (nSPS) is 11.7. The van der Waals surface area contributed by atoms with Gasteiger partial charge in [-0.2, -0.15) is 15.2 Å². The van der Waals surface area contributed by atoms with Crippen LogP contribution in [0.3, 0.4) is 0 Å². The number of pyridine rings is 1. The van der Waals surface area contributed by atoms with Crippen molar-refractivity contribution >= 4 is 46.1 Å². The van der Waals surface area contributed by atoms with E-state index in [1.54, 1.807) is 60.9 Å². The lowest BCUT2D eigenvalue weighted by molar-refractivity contribution is 0.474. The van der Waals surface area contributed by atoms with E-state index in [4.69, 9.17) is 16.0 Å². The van der Waals surface area contributed by atoms with Gasteiger partial charge in [0.05, 0.1) is 17.1 Å². The molecule has 7 nitrogen and oxygen atoms in total. The van der Waals surface area contributed by atoms with Crippen molar-refractivity contribution < 1.29 is 9.52 Å². The zero-order chi connectivity index (χ0) is 22.6. The molecule has 5 rings (SSSR count). The van der Waals surface area contributed by atoms with Crippen LogP contribution in [0.2, 0.25) is 5.02 Å². The van der Waals surface area contributed by atoms with Crippen molar-refractivity contribution in [2.45, 2.75) is 0 Å². The predicted octanol–water partition coefficient (Wildman–Crippen LogP) is 7.41. The number of fused-ring (bicyclic) bond motifs is 1. The smallest absolute Gasteiger partial charge is 0.228 e. The van der Waals surface area contributed by atoms with Crippen LogP contribution in [0, 0.1) is 0 Å². The van der Waals surface area contributed by atoms with E-state index in [0.29, 0.717) is 44.8 Å². The van der Waals surface area contributed by atoms with Crippen molar-refractivity contribution in [1.29, 1.82) is 0 Å². The maximum atomic E-state index is 10.2. The van der Waals surface area contributed by atoms with Gasteiger partial charge >= 0.3 is 0 Å². The number of phenolic OH excluding ortho intramolecular Hbond substituents is 1. The number of hydrogen-bond donors (Lipinski definition) is 1. The maximum Gasteiger partial charge on any atom is 0.228 e. The monoisotopic (exact) mass is 453 g/mol. The first kappa shape index (κ1) is 20.5. The highest BCUT2D eigenvalue weighted by Crippen LogP contribution is 2.27. The molecule has 0 bridgehead atoms. The summed E-state index contributed by atoms with van der Waals surface area (Å²) in [5.74, 6) is 0.593. The molecule has 0 aliphatic carbocycles. The Hall–Kier alpha value is -4.36. The number of oxazole rings is 1. The zero-order valence-corrected chi connectivity index (χ0v) is 17.9. The van der Waals surface area contributed by atoms with Crippen LogP contribution in [0.4, 0.5) is 17.1 Å². The summed E-state index contributed by atoms with van der Waals surface area (Å²) in [4.78, 5) is 13.0. The highest BCUT2D eigenvalue weighted by Gasteiger charge is 2.08. The number of rotatable bonds is 5. The van der Waals surface area contributed by atoms with Crippen molar-refractivity contribution in [2.24, 2.45) is 15.2 Å². The Bertz CT molecular complexity index is 1440. The van der Waals surface area contributed by atoms with Crippen LogP contribution < -0.4 is 0 Å². The van der Waals surface area contributed by atoms with E-state index in [1.807, 2.05) is 30.3 Å². The third-order valence-electron chi connectivity index (χ3n) is 4.75. The quantitative estimate of drug-likeness (QED) is 0.221. The second-order valence-corrected chi connectivity index (χ2v) is 7.51. The molecule has 0 atom stereocenters. The number of aliphatic imine (C=N–C) groups is 1. The molecule has 2 aromatic heterocycles. The number of halogens is 1. The van der Waals surface area contributed by atoms with E-state index in [2.05, 4.69) is 25.2 Å². The Morgan fingerprint density at radius 1 is 0.848 bits per heavy atom. The minimum atomic E-state index is 0.0970. The Balaban J connectivity index is 1.33. The third kappa shape index (κ3) is 4.78. The third-order valence-corrected chi connectivity index (χ3v) is 5.00. The van der Waals surface area contributed by atoms with E-state index in [-0.39, 0.29) is 5.75 Å². The lowest BCUT2D eigenvalue weighted by Gasteiger charge is -2.01. The summed E-state index contributed by atoms with van der Waals surface area (Å²) in [6, 6.07) is 23.0. The molecule has 0 saturated carbocycles. The Kier molecular flexibility index (Phi) is 5.61. The van der Waals surface area contributed by atoms with Gasteiger partial charge in [0.2, 0.25) is 5.89 Å². The molecule has 0 radical (unpaired) electrons. The molecule has 0 spiro atoms. The largest absolute Gasteiger partial charge is 0.507 e. The first-order valence-corrected chi connectivity index (χ1v) is 10.4. The molecule has 160 valence electrons. The molecule has 3 aromatic carbocycles. The summed E-state index contributed by atoms with van der Waals surface area (Å²) >= 11 is 5.88. The Morgan fingerprint density at radius 3 is 2.36 bits per heavy atom. The Morgan fingerprint density at radius 2 is 1.58 bits per heavy atom.